The third-order valence-electron chi connectivity index (χ3n) is 13.0. The van der Waals surface area contributed by atoms with Gasteiger partial charge in [0.15, 0.2) is 0 Å². The Balaban J connectivity index is 1.13. The van der Waals surface area contributed by atoms with Gasteiger partial charge in [0.1, 0.15) is 0 Å². The van der Waals surface area contributed by atoms with E-state index in [4.69, 9.17) is 0 Å². The number of rotatable bonds is 4. The van der Waals surface area contributed by atoms with Crippen LogP contribution in [0.2, 0.25) is 0 Å². The molecule has 1 spiro atoms. The lowest BCUT2D eigenvalue weighted by Crippen LogP contribution is -2.36. The Bertz CT molecular complexity index is 3490. The number of hydrogen-bond acceptors (Lipinski definition) is 2. The van der Waals surface area contributed by atoms with Crippen molar-refractivity contribution in [3.63, 3.8) is 0 Å². The molecule has 0 unspecified atom stereocenters. The van der Waals surface area contributed by atoms with Crippen LogP contribution >= 0.6 is 11.8 Å². The molecule has 1 aliphatic carbocycles. The Hall–Kier alpha value is -7.33. The molecular weight excluding hydrogens is 745 g/mol. The molecule has 0 atom stereocenters. The zero-order valence-electron chi connectivity index (χ0n) is 32.6. The molecule has 3 heteroatoms. The van der Waals surface area contributed by atoms with Crippen LogP contribution in [0, 0.1) is 0 Å². The van der Waals surface area contributed by atoms with E-state index in [9.17, 15) is 0 Å². The van der Waals surface area contributed by atoms with Gasteiger partial charge in [-0.1, -0.05) is 163 Å². The van der Waals surface area contributed by atoms with Gasteiger partial charge in [-0.05, 0) is 122 Å². The molecule has 11 aromatic rings. The molecule has 1 aliphatic heterocycles. The number of aromatic nitrogens is 1. The highest BCUT2D eigenvalue weighted by molar-refractivity contribution is 7.99. The van der Waals surface area contributed by atoms with Gasteiger partial charge in [0, 0.05) is 43.3 Å². The lowest BCUT2D eigenvalue weighted by Gasteiger charge is -2.46. The first-order valence-electron chi connectivity index (χ1n) is 20.7. The summed E-state index contributed by atoms with van der Waals surface area (Å²) in [4.78, 5) is 5.08. The van der Waals surface area contributed by atoms with Crippen molar-refractivity contribution in [1.82, 2.24) is 4.57 Å². The Morgan fingerprint density at radius 1 is 0.367 bits per heavy atom. The number of anilines is 3. The molecule has 0 bridgehead atoms. The second-order valence-corrected chi connectivity index (χ2v) is 17.1. The van der Waals surface area contributed by atoms with Crippen molar-refractivity contribution in [2.24, 2.45) is 0 Å². The van der Waals surface area contributed by atoms with E-state index in [2.05, 4.69) is 228 Å². The van der Waals surface area contributed by atoms with E-state index in [-0.39, 0.29) is 0 Å². The lowest BCUT2D eigenvalue weighted by molar-refractivity contribution is 0.707. The van der Waals surface area contributed by atoms with Crippen molar-refractivity contribution in [3.8, 4) is 16.8 Å². The minimum atomic E-state index is -0.545. The minimum absolute atomic E-state index is 0.545. The van der Waals surface area contributed by atoms with E-state index in [1.165, 1.54) is 86.5 Å². The van der Waals surface area contributed by atoms with Crippen LogP contribution in [0.25, 0.3) is 60.2 Å². The van der Waals surface area contributed by atoms with Gasteiger partial charge in [0.25, 0.3) is 0 Å². The summed E-state index contributed by atoms with van der Waals surface area (Å²) in [6.07, 6.45) is 0. The van der Waals surface area contributed by atoms with E-state index < -0.39 is 5.41 Å². The Kier molecular flexibility index (Phi) is 7.19. The molecule has 0 amide bonds. The van der Waals surface area contributed by atoms with E-state index in [0.717, 1.165) is 22.7 Å². The Morgan fingerprint density at radius 2 is 0.967 bits per heavy atom. The van der Waals surface area contributed by atoms with Crippen molar-refractivity contribution < 1.29 is 0 Å². The van der Waals surface area contributed by atoms with Crippen LogP contribution in [0.1, 0.15) is 22.3 Å². The van der Waals surface area contributed by atoms with Crippen molar-refractivity contribution in [2.75, 3.05) is 4.90 Å². The van der Waals surface area contributed by atoms with Gasteiger partial charge in [-0.3, -0.25) is 0 Å². The fraction of sp³-hybridized carbons (Fsp3) is 0.0175. The average molecular weight is 781 g/mol. The zero-order chi connectivity index (χ0) is 39.4. The van der Waals surface area contributed by atoms with Gasteiger partial charge < -0.3 is 9.47 Å². The van der Waals surface area contributed by atoms with Gasteiger partial charge in [0.2, 0.25) is 0 Å². The molecule has 0 saturated carbocycles. The van der Waals surface area contributed by atoms with Crippen molar-refractivity contribution in [3.05, 3.63) is 241 Å². The average Bonchev–Trinajstić information content (AvgIpc) is 3.64. The number of benzene rings is 10. The van der Waals surface area contributed by atoms with E-state index in [0.29, 0.717) is 0 Å². The van der Waals surface area contributed by atoms with Crippen molar-refractivity contribution >= 4 is 72.2 Å². The first kappa shape index (κ1) is 33.6. The molecule has 280 valence electrons. The maximum atomic E-state index is 2.51. The highest BCUT2D eigenvalue weighted by atomic mass is 32.2. The Labute approximate surface area is 352 Å². The molecule has 0 fully saturated rings. The zero-order valence-corrected chi connectivity index (χ0v) is 33.4. The molecule has 0 N–H and O–H groups in total. The SMILES string of the molecule is c1ccc(-n2c3ccccc3c3ccc(N(c4ccc5c(c4)C4(c6ccccc6Sc6ccccc64)c4cccc6cccc-5c46)c4ccc5ccccc5c4)cc32)cc1. The summed E-state index contributed by atoms with van der Waals surface area (Å²) in [6.45, 7) is 0. The lowest BCUT2D eigenvalue weighted by atomic mass is 9.59. The van der Waals surface area contributed by atoms with E-state index in [1.54, 1.807) is 0 Å². The summed E-state index contributed by atoms with van der Waals surface area (Å²) < 4.78 is 2.42. The summed E-state index contributed by atoms with van der Waals surface area (Å²) in [5.74, 6) is 0. The molecule has 2 nitrogen and oxygen atoms in total. The van der Waals surface area contributed by atoms with Crippen LogP contribution < -0.4 is 4.90 Å². The standard InChI is InChI=1S/C57H36N2S/c1-2-18-40(19-3-1)59-52-25-9-6-20-45(52)46-33-31-43(36-53(46)59)58(41-29-28-37-14-4-5-15-39(37)34-41)42-30-32-44-47-21-12-16-38-17-13-24-50(56(38)47)57(51(44)35-42)48-22-7-10-26-54(48)60-55-27-11-8-23-49(55)57/h1-36H. The monoisotopic (exact) mass is 780 g/mol. The van der Waals surface area contributed by atoms with Gasteiger partial charge in [-0.2, -0.15) is 0 Å². The summed E-state index contributed by atoms with van der Waals surface area (Å²) in [5.41, 5.74) is 14.2. The molecule has 0 saturated heterocycles. The van der Waals surface area contributed by atoms with Crippen molar-refractivity contribution in [2.45, 2.75) is 15.2 Å². The van der Waals surface area contributed by atoms with Crippen LogP contribution in [-0.2, 0) is 5.41 Å². The van der Waals surface area contributed by atoms with Gasteiger partial charge in [-0.25, -0.2) is 0 Å². The molecule has 0 radical (unpaired) electrons. The number of para-hydroxylation sites is 2. The molecule has 2 heterocycles. The normalized spacial score (nSPS) is 13.4. The van der Waals surface area contributed by atoms with Crippen LogP contribution in [0.4, 0.5) is 17.1 Å². The second kappa shape index (κ2) is 12.8. The highest BCUT2D eigenvalue weighted by Crippen LogP contribution is 2.62. The molecule has 13 rings (SSSR count). The van der Waals surface area contributed by atoms with Gasteiger partial charge >= 0.3 is 0 Å². The van der Waals surface area contributed by atoms with Gasteiger partial charge in [-0.15, -0.1) is 0 Å². The van der Waals surface area contributed by atoms with Crippen molar-refractivity contribution in [1.29, 1.82) is 0 Å². The summed E-state index contributed by atoms with van der Waals surface area (Å²) in [7, 11) is 0. The maximum absolute atomic E-state index is 2.51. The number of nitrogens with zero attached hydrogens (tertiary/aromatic N) is 2. The second-order valence-electron chi connectivity index (χ2n) is 16.0. The van der Waals surface area contributed by atoms with Crippen LogP contribution in [0.15, 0.2) is 228 Å². The largest absolute Gasteiger partial charge is 0.310 e. The maximum Gasteiger partial charge on any atom is 0.0736 e. The highest BCUT2D eigenvalue weighted by Gasteiger charge is 2.48. The molecular formula is C57H36N2S. The summed E-state index contributed by atoms with van der Waals surface area (Å²) in [6, 6.07) is 81.3. The fourth-order valence-corrected chi connectivity index (χ4v) is 11.7. The smallest absolute Gasteiger partial charge is 0.0736 e. The molecule has 2 aliphatic rings. The third-order valence-corrected chi connectivity index (χ3v) is 14.1. The minimum Gasteiger partial charge on any atom is -0.310 e. The quantitative estimate of drug-likeness (QED) is 0.176. The van der Waals surface area contributed by atoms with E-state index >= 15 is 0 Å². The van der Waals surface area contributed by atoms with Crippen LogP contribution in [-0.4, -0.2) is 4.57 Å². The molecule has 10 aromatic carbocycles. The predicted octanol–water partition coefficient (Wildman–Crippen LogP) is 15.4. The molecule has 1 aromatic heterocycles. The summed E-state index contributed by atoms with van der Waals surface area (Å²) in [5, 5.41) is 7.52. The first-order valence-corrected chi connectivity index (χ1v) is 21.5. The predicted molar refractivity (Wildman–Crippen MR) is 252 cm³/mol. The van der Waals surface area contributed by atoms with Crippen LogP contribution in [0.5, 0.6) is 0 Å². The van der Waals surface area contributed by atoms with Gasteiger partial charge in [0.05, 0.1) is 16.4 Å². The fourth-order valence-electron chi connectivity index (χ4n) is 10.5. The Morgan fingerprint density at radius 3 is 1.80 bits per heavy atom. The number of fused-ring (bicyclic) bond motifs is 12. The van der Waals surface area contributed by atoms with E-state index in [1.807, 2.05) is 11.8 Å². The molecule has 60 heavy (non-hydrogen) atoms. The first-order chi connectivity index (χ1) is 29.8. The third kappa shape index (κ3) is 4.67. The topological polar surface area (TPSA) is 8.17 Å². The number of hydrogen-bond donors (Lipinski definition) is 0. The van der Waals surface area contributed by atoms with Crippen LogP contribution in [0.3, 0.4) is 0 Å². The summed E-state index contributed by atoms with van der Waals surface area (Å²) >= 11 is 1.89.